The van der Waals surface area contributed by atoms with Gasteiger partial charge in [0, 0.05) is 0 Å². The van der Waals surface area contributed by atoms with Crippen LogP contribution in [0, 0.1) is 0 Å². The largest absolute Gasteiger partial charge is 1.00 e. The molecule has 0 aromatic rings. The maximum Gasteiger partial charge on any atom is 0.0784 e. The van der Waals surface area contributed by atoms with Gasteiger partial charge < -0.3 is 42.9 Å². The minimum absolute atomic E-state index is 0. The van der Waals surface area contributed by atoms with Crippen molar-refractivity contribution in [3.05, 3.63) is 0 Å². The molecule has 0 aliphatic rings. The lowest BCUT2D eigenvalue weighted by Crippen LogP contribution is -3.00. The van der Waals surface area contributed by atoms with E-state index in [1.54, 1.807) is 0 Å². The van der Waals surface area contributed by atoms with E-state index in [9.17, 15) is 0 Å². The second-order valence-corrected chi connectivity index (χ2v) is 6.01. The third-order valence-electron chi connectivity index (χ3n) is 4.95. The predicted molar refractivity (Wildman–Crippen MR) is 78.1 cm³/mol. The summed E-state index contributed by atoms with van der Waals surface area (Å²) >= 11 is 0. The normalized spacial score (nSPS) is 11.7. The first-order valence-electron chi connectivity index (χ1n) is 7.62. The molecule has 0 aromatic carbocycles. The highest BCUT2D eigenvalue weighted by atomic mass is 79.9. The van der Waals surface area contributed by atoms with Gasteiger partial charge in [-0.1, -0.05) is 0 Å². The molecule has 0 fully saturated rings. The molecule has 0 unspecified atom stereocenters. The van der Waals surface area contributed by atoms with Gasteiger partial charge in [-0.25, -0.2) is 0 Å². The summed E-state index contributed by atoms with van der Waals surface area (Å²) in [6, 6.07) is 0. The summed E-state index contributed by atoms with van der Waals surface area (Å²) in [7, 11) is 4.77. The fourth-order valence-corrected chi connectivity index (χ4v) is 2.24. The van der Waals surface area contributed by atoms with Gasteiger partial charge in [0.2, 0.25) is 0 Å². The van der Waals surface area contributed by atoms with Crippen LogP contribution >= 0.6 is 0 Å². The Morgan fingerprint density at radius 3 is 1.00 bits per heavy atom. The van der Waals surface area contributed by atoms with E-state index < -0.39 is 0 Å². The minimum Gasteiger partial charge on any atom is -1.00 e. The zero-order chi connectivity index (χ0) is 13.4. The number of rotatable bonds is 10. The van der Waals surface area contributed by atoms with Gasteiger partial charge in [-0.05, 0) is 47.0 Å². The molecule has 2 nitrogen and oxygen atoms in total. The van der Waals surface area contributed by atoms with Crippen LogP contribution in [0.25, 0.3) is 0 Å². The van der Waals surface area contributed by atoms with Crippen LogP contribution in [-0.2, 0) is 0 Å². The van der Waals surface area contributed by atoms with E-state index in [1.165, 1.54) is 67.5 Å². The standard InChI is InChI=1S/C15H36N2.2BrH/c1-7-16(5,8-2)14-12-11-13-15-17(6,9-3)10-4;;/h7-15H2,1-6H3;2*1H/q+2;;/p-2. The van der Waals surface area contributed by atoms with Crippen molar-refractivity contribution in [2.75, 3.05) is 53.4 Å². The van der Waals surface area contributed by atoms with Gasteiger partial charge in [0.1, 0.15) is 0 Å². The average molecular weight is 404 g/mol. The molecule has 0 N–H and O–H groups in total. The highest BCUT2D eigenvalue weighted by molar-refractivity contribution is 4.44. The third kappa shape index (κ3) is 10.3. The zero-order valence-corrected chi connectivity index (χ0v) is 17.2. The van der Waals surface area contributed by atoms with E-state index in [4.69, 9.17) is 0 Å². The molecule has 0 atom stereocenters. The first kappa shape index (κ1) is 24.9. The van der Waals surface area contributed by atoms with Gasteiger partial charge in [0.15, 0.2) is 0 Å². The molecule has 120 valence electrons. The molecule has 0 aliphatic heterocycles. The van der Waals surface area contributed by atoms with E-state index in [0.717, 1.165) is 0 Å². The van der Waals surface area contributed by atoms with Crippen molar-refractivity contribution < 1.29 is 42.9 Å². The molecular weight excluding hydrogens is 368 g/mol. The van der Waals surface area contributed by atoms with Crippen molar-refractivity contribution in [2.45, 2.75) is 47.0 Å². The fraction of sp³-hybridized carbons (Fsp3) is 1.00. The molecule has 0 heterocycles. The van der Waals surface area contributed by atoms with Crippen molar-refractivity contribution in [3.8, 4) is 0 Å². The Balaban J connectivity index is -0.00000128. The third-order valence-corrected chi connectivity index (χ3v) is 4.95. The van der Waals surface area contributed by atoms with Crippen LogP contribution in [-0.4, -0.2) is 62.3 Å². The van der Waals surface area contributed by atoms with Crippen LogP contribution in [0.1, 0.15) is 47.0 Å². The van der Waals surface area contributed by atoms with Crippen LogP contribution in [0.2, 0.25) is 0 Å². The molecule has 0 aliphatic carbocycles. The van der Waals surface area contributed by atoms with Gasteiger partial charge in [0.05, 0.1) is 53.4 Å². The fourth-order valence-electron chi connectivity index (χ4n) is 2.24. The monoisotopic (exact) mass is 402 g/mol. The number of unbranched alkanes of at least 4 members (excludes halogenated alkanes) is 2. The van der Waals surface area contributed by atoms with E-state index in [0.29, 0.717) is 0 Å². The first-order valence-corrected chi connectivity index (χ1v) is 7.62. The van der Waals surface area contributed by atoms with Gasteiger partial charge in [-0.2, -0.15) is 0 Å². The molecular formula is C15H36Br2N2. The topological polar surface area (TPSA) is 0 Å². The molecule has 0 saturated heterocycles. The Labute approximate surface area is 143 Å². The number of quaternary nitrogens is 2. The second kappa shape index (κ2) is 12.6. The van der Waals surface area contributed by atoms with Crippen LogP contribution < -0.4 is 34.0 Å². The summed E-state index contributed by atoms with van der Waals surface area (Å²) in [5.41, 5.74) is 0. The predicted octanol–water partition coefficient (Wildman–Crippen LogP) is -2.86. The maximum atomic E-state index is 2.39. The van der Waals surface area contributed by atoms with Crippen molar-refractivity contribution in [1.29, 1.82) is 0 Å². The number of hydrogen-bond acceptors (Lipinski definition) is 0. The molecule has 0 saturated carbocycles. The Morgan fingerprint density at radius 2 is 0.789 bits per heavy atom. The van der Waals surface area contributed by atoms with Gasteiger partial charge in [0.25, 0.3) is 0 Å². The highest BCUT2D eigenvalue weighted by Gasteiger charge is 2.17. The zero-order valence-electron chi connectivity index (χ0n) is 14.0. The Hall–Kier alpha value is 0.880. The molecule has 0 spiro atoms. The van der Waals surface area contributed by atoms with Crippen molar-refractivity contribution in [1.82, 2.24) is 0 Å². The highest BCUT2D eigenvalue weighted by Crippen LogP contribution is 2.09. The lowest BCUT2D eigenvalue weighted by molar-refractivity contribution is -0.908. The summed E-state index contributed by atoms with van der Waals surface area (Å²) in [4.78, 5) is 0. The second-order valence-electron chi connectivity index (χ2n) is 6.01. The Kier molecular flexibility index (Phi) is 16.5. The van der Waals surface area contributed by atoms with Crippen LogP contribution in [0.4, 0.5) is 0 Å². The lowest BCUT2D eigenvalue weighted by atomic mass is 10.2. The number of halogens is 2. The Bertz CT molecular complexity index is 171. The van der Waals surface area contributed by atoms with E-state index in [-0.39, 0.29) is 34.0 Å². The van der Waals surface area contributed by atoms with Crippen molar-refractivity contribution in [2.24, 2.45) is 0 Å². The van der Waals surface area contributed by atoms with Crippen molar-refractivity contribution >= 4 is 0 Å². The minimum atomic E-state index is 0. The molecule has 19 heavy (non-hydrogen) atoms. The smallest absolute Gasteiger partial charge is 0.0784 e. The molecule has 0 amide bonds. The molecule has 0 aromatic heterocycles. The van der Waals surface area contributed by atoms with Gasteiger partial charge >= 0.3 is 0 Å². The Morgan fingerprint density at radius 1 is 0.526 bits per heavy atom. The van der Waals surface area contributed by atoms with Crippen LogP contribution in [0.3, 0.4) is 0 Å². The summed E-state index contributed by atoms with van der Waals surface area (Å²) in [5, 5.41) is 0. The summed E-state index contributed by atoms with van der Waals surface area (Å²) in [6.45, 7) is 17.0. The van der Waals surface area contributed by atoms with E-state index >= 15 is 0 Å². The molecule has 0 bridgehead atoms. The lowest BCUT2D eigenvalue weighted by Gasteiger charge is -2.33. The number of nitrogens with zero attached hydrogens (tertiary/aromatic N) is 2. The van der Waals surface area contributed by atoms with E-state index in [1.807, 2.05) is 0 Å². The SMILES string of the molecule is CC[N+](C)(CC)CCCCC[N+](C)(CC)CC.[Br-].[Br-]. The molecule has 0 rings (SSSR count). The van der Waals surface area contributed by atoms with Gasteiger partial charge in [-0.3, -0.25) is 0 Å². The van der Waals surface area contributed by atoms with Crippen LogP contribution in [0.5, 0.6) is 0 Å². The van der Waals surface area contributed by atoms with Crippen molar-refractivity contribution in [3.63, 3.8) is 0 Å². The quantitative estimate of drug-likeness (QED) is 0.272. The van der Waals surface area contributed by atoms with E-state index in [2.05, 4.69) is 41.8 Å². The summed E-state index contributed by atoms with van der Waals surface area (Å²) < 4.78 is 2.49. The van der Waals surface area contributed by atoms with Gasteiger partial charge in [-0.15, -0.1) is 0 Å². The summed E-state index contributed by atoms with van der Waals surface area (Å²) in [6.07, 6.45) is 4.19. The maximum absolute atomic E-state index is 2.39. The number of hydrogen-bond donors (Lipinski definition) is 0. The molecule has 0 radical (unpaired) electrons. The molecule has 4 heteroatoms. The first-order chi connectivity index (χ1) is 7.95. The summed E-state index contributed by atoms with van der Waals surface area (Å²) in [5.74, 6) is 0. The average Bonchev–Trinajstić information content (AvgIpc) is 2.37. The van der Waals surface area contributed by atoms with Crippen LogP contribution in [0.15, 0.2) is 0 Å².